The van der Waals surface area contributed by atoms with Crippen LogP contribution >= 0.6 is 22.6 Å². The van der Waals surface area contributed by atoms with Gasteiger partial charge in [0.1, 0.15) is 12.4 Å². The molecule has 0 radical (unpaired) electrons. The first kappa shape index (κ1) is 22.9. The summed E-state index contributed by atoms with van der Waals surface area (Å²) in [6.07, 6.45) is -2.36. The Morgan fingerprint density at radius 2 is 1.48 bits per heavy atom. The summed E-state index contributed by atoms with van der Waals surface area (Å²) >= 11 is 2.09. The van der Waals surface area contributed by atoms with Crippen LogP contribution in [0.3, 0.4) is 0 Å². The van der Waals surface area contributed by atoms with Crippen molar-refractivity contribution < 1.29 is 28.6 Å². The molecule has 1 fully saturated rings. The van der Waals surface area contributed by atoms with Gasteiger partial charge in [-0.3, -0.25) is 4.79 Å². The topological polar surface area (TPSA) is 136 Å². The van der Waals surface area contributed by atoms with E-state index in [-0.39, 0.29) is 5.82 Å². The first-order valence-corrected chi connectivity index (χ1v) is 11.4. The molecule has 1 aliphatic heterocycles. The van der Waals surface area contributed by atoms with Gasteiger partial charge in [0.2, 0.25) is 5.82 Å². The van der Waals surface area contributed by atoms with E-state index in [0.29, 0.717) is 15.6 Å². The SMILES string of the molecule is NC(=O)c1ncn([C@@H]2O[C@H](CI)[C@H](OC(=O)c3ccccc3)C2OC(=O)c2ccccc2)n1. The Bertz CT molecular complexity index is 1140. The highest BCUT2D eigenvalue weighted by Gasteiger charge is 2.51. The largest absolute Gasteiger partial charge is 0.452 e. The Balaban J connectivity index is 1.65. The van der Waals surface area contributed by atoms with Crippen LogP contribution < -0.4 is 5.73 Å². The predicted molar refractivity (Wildman–Crippen MR) is 123 cm³/mol. The molecule has 1 amide bonds. The minimum atomic E-state index is -1.06. The molecule has 1 aromatic heterocycles. The number of amides is 1. The van der Waals surface area contributed by atoms with Gasteiger partial charge in [-0.2, -0.15) is 0 Å². The maximum atomic E-state index is 12.8. The van der Waals surface area contributed by atoms with E-state index in [1.165, 1.54) is 11.0 Å². The summed E-state index contributed by atoms with van der Waals surface area (Å²) < 4.78 is 19.2. The quantitative estimate of drug-likeness (QED) is 0.263. The van der Waals surface area contributed by atoms with E-state index in [1.54, 1.807) is 60.7 Å². The fraction of sp³-hybridized carbons (Fsp3) is 0.227. The number of carbonyl (C=O) groups is 3. The minimum absolute atomic E-state index is 0.220. The number of primary amides is 1. The van der Waals surface area contributed by atoms with Gasteiger partial charge in [0.15, 0.2) is 18.4 Å². The van der Waals surface area contributed by atoms with Crippen LogP contribution in [0, 0.1) is 0 Å². The van der Waals surface area contributed by atoms with Crippen molar-refractivity contribution >= 4 is 40.4 Å². The van der Waals surface area contributed by atoms with Crippen LogP contribution in [0.2, 0.25) is 0 Å². The second kappa shape index (κ2) is 10.1. The molecule has 1 saturated heterocycles. The summed E-state index contributed by atoms with van der Waals surface area (Å²) in [5.41, 5.74) is 5.92. The summed E-state index contributed by atoms with van der Waals surface area (Å²) in [5, 5.41) is 4.03. The molecule has 11 heteroatoms. The number of alkyl halides is 1. The summed E-state index contributed by atoms with van der Waals surface area (Å²) in [6.45, 7) is 0. The van der Waals surface area contributed by atoms with Gasteiger partial charge in [-0.25, -0.2) is 19.3 Å². The van der Waals surface area contributed by atoms with E-state index in [1.807, 2.05) is 0 Å². The average molecular weight is 562 g/mol. The van der Waals surface area contributed by atoms with Crippen molar-refractivity contribution in [1.82, 2.24) is 14.8 Å². The number of nitrogens with zero attached hydrogens (tertiary/aromatic N) is 3. The third-order valence-electron chi connectivity index (χ3n) is 4.93. The monoisotopic (exact) mass is 562 g/mol. The molecule has 0 bridgehead atoms. The van der Waals surface area contributed by atoms with Crippen LogP contribution in [0.4, 0.5) is 0 Å². The van der Waals surface area contributed by atoms with Gasteiger partial charge in [0.25, 0.3) is 5.91 Å². The number of benzene rings is 2. The zero-order chi connectivity index (χ0) is 23.4. The van der Waals surface area contributed by atoms with Gasteiger partial charge >= 0.3 is 11.9 Å². The van der Waals surface area contributed by atoms with Crippen molar-refractivity contribution in [3.05, 3.63) is 83.9 Å². The molecule has 2 aromatic carbocycles. The lowest BCUT2D eigenvalue weighted by Crippen LogP contribution is -2.40. The van der Waals surface area contributed by atoms with Gasteiger partial charge in [0.05, 0.1) is 11.1 Å². The van der Waals surface area contributed by atoms with Crippen LogP contribution in [0.15, 0.2) is 67.0 Å². The van der Waals surface area contributed by atoms with Crippen LogP contribution in [0.1, 0.15) is 37.6 Å². The molecular formula is C22H19IN4O6. The Morgan fingerprint density at radius 3 is 1.97 bits per heavy atom. The van der Waals surface area contributed by atoms with Crippen LogP contribution in [0.5, 0.6) is 0 Å². The first-order valence-electron chi connectivity index (χ1n) is 9.92. The summed E-state index contributed by atoms with van der Waals surface area (Å²) in [5.74, 6) is -2.25. The fourth-order valence-electron chi connectivity index (χ4n) is 3.36. The number of nitrogens with two attached hydrogens (primary N) is 1. The lowest BCUT2D eigenvalue weighted by atomic mass is 10.1. The molecule has 2 heterocycles. The molecule has 4 rings (SSSR count). The van der Waals surface area contributed by atoms with E-state index in [9.17, 15) is 14.4 Å². The van der Waals surface area contributed by atoms with Crippen molar-refractivity contribution in [3.8, 4) is 0 Å². The number of rotatable bonds is 7. The molecule has 33 heavy (non-hydrogen) atoms. The number of esters is 2. The van der Waals surface area contributed by atoms with Crippen LogP contribution in [-0.2, 0) is 14.2 Å². The smallest absolute Gasteiger partial charge is 0.338 e. The highest BCUT2D eigenvalue weighted by molar-refractivity contribution is 14.1. The van der Waals surface area contributed by atoms with E-state index in [0.717, 1.165) is 0 Å². The summed E-state index contributed by atoms with van der Waals surface area (Å²) in [4.78, 5) is 40.9. The fourth-order valence-corrected chi connectivity index (χ4v) is 4.06. The molecule has 0 spiro atoms. The van der Waals surface area contributed by atoms with Gasteiger partial charge < -0.3 is 19.9 Å². The lowest BCUT2D eigenvalue weighted by Gasteiger charge is -2.24. The number of hydrogen-bond donors (Lipinski definition) is 1. The Kier molecular flexibility index (Phi) is 6.99. The molecule has 0 aliphatic carbocycles. The van der Waals surface area contributed by atoms with Crippen LogP contribution in [0.25, 0.3) is 0 Å². The Hall–Kier alpha value is -3.32. The van der Waals surface area contributed by atoms with Gasteiger partial charge in [-0.15, -0.1) is 5.10 Å². The molecule has 0 saturated carbocycles. The van der Waals surface area contributed by atoms with Crippen molar-refractivity contribution in [1.29, 1.82) is 0 Å². The van der Waals surface area contributed by atoms with Crippen molar-refractivity contribution in [2.24, 2.45) is 5.73 Å². The van der Waals surface area contributed by atoms with Crippen molar-refractivity contribution in [2.75, 3.05) is 4.43 Å². The number of ether oxygens (including phenoxy) is 3. The zero-order valence-corrected chi connectivity index (χ0v) is 19.3. The second-order valence-corrected chi connectivity index (χ2v) is 7.98. The second-order valence-electron chi connectivity index (χ2n) is 7.10. The zero-order valence-electron chi connectivity index (χ0n) is 17.1. The van der Waals surface area contributed by atoms with E-state index in [4.69, 9.17) is 19.9 Å². The van der Waals surface area contributed by atoms with Crippen LogP contribution in [-0.4, -0.2) is 55.3 Å². The maximum Gasteiger partial charge on any atom is 0.338 e. The molecule has 1 aliphatic rings. The van der Waals surface area contributed by atoms with Crippen molar-refractivity contribution in [3.63, 3.8) is 0 Å². The molecule has 2 N–H and O–H groups in total. The third-order valence-corrected chi connectivity index (χ3v) is 5.80. The molecule has 3 aromatic rings. The highest BCUT2D eigenvalue weighted by Crippen LogP contribution is 2.35. The molecule has 1 unspecified atom stereocenters. The van der Waals surface area contributed by atoms with E-state index < -0.39 is 42.4 Å². The normalized spacial score (nSPS) is 22.0. The van der Waals surface area contributed by atoms with Gasteiger partial charge in [0, 0.05) is 4.43 Å². The number of aromatic nitrogens is 3. The van der Waals surface area contributed by atoms with E-state index in [2.05, 4.69) is 32.7 Å². The van der Waals surface area contributed by atoms with Gasteiger partial charge in [-0.1, -0.05) is 59.0 Å². The molecule has 4 atom stereocenters. The summed E-state index contributed by atoms with van der Waals surface area (Å²) in [6, 6.07) is 16.9. The highest BCUT2D eigenvalue weighted by atomic mass is 127. The summed E-state index contributed by atoms with van der Waals surface area (Å²) in [7, 11) is 0. The lowest BCUT2D eigenvalue weighted by molar-refractivity contribution is -0.0540. The standard InChI is InChI=1S/C22H19IN4O6/c23-11-15-16(32-21(29)13-7-3-1-4-8-13)17(33-22(30)14-9-5-2-6-10-14)20(31-15)27-12-25-19(26-27)18(24)28/h1-10,12,15-17,20H,11H2,(H2,24,28)/t15-,16+,17?,20-/m1/s1. The van der Waals surface area contributed by atoms with Crippen molar-refractivity contribution in [2.45, 2.75) is 24.5 Å². The Morgan fingerprint density at radius 1 is 0.939 bits per heavy atom. The number of carbonyl (C=O) groups excluding carboxylic acids is 3. The molecule has 10 nitrogen and oxygen atoms in total. The average Bonchev–Trinajstić information content (AvgIpc) is 3.46. The number of halogens is 1. The molecule has 170 valence electrons. The first-order chi connectivity index (χ1) is 16.0. The molecular weight excluding hydrogens is 543 g/mol. The minimum Gasteiger partial charge on any atom is -0.452 e. The van der Waals surface area contributed by atoms with E-state index >= 15 is 0 Å². The van der Waals surface area contributed by atoms with Gasteiger partial charge in [-0.05, 0) is 24.3 Å². The number of hydrogen-bond acceptors (Lipinski definition) is 8. The third kappa shape index (κ3) is 5.03. The Labute approximate surface area is 202 Å². The maximum absolute atomic E-state index is 12.8. The predicted octanol–water partition coefficient (Wildman–Crippen LogP) is 2.16.